The molecule has 1 saturated heterocycles. The number of ether oxygens (including phenoxy) is 4. The lowest BCUT2D eigenvalue weighted by Crippen LogP contribution is -2.58. The first kappa shape index (κ1) is 43.2. The number of nitrogens with one attached hydrogen (secondary N) is 3. The molecule has 4 amide bonds. The molecule has 1 aliphatic heterocycles. The standard InChI is InChI=1S/C43H54N6O9/c1-9-28-24-43(28,40(53)56-10-2)47-38(51)35-22-30(57-36-23-32(27-15-12-11-13-16-27)45-33-21-29(55-8)18-19-31(33)36)26-49(35)39(52)34(46-41(54)58-42(3,4)5)25-44-37(50)17-14-20-48(6)7/h9,11-19,21,23,28,30,34-35H,1,10,20,22,24-26H2,2-8H3,(H,44,50)(H,46,54)(H,47,51)/t28-,30?,34+,35+,43-/m1/s1. The van der Waals surface area contributed by atoms with Gasteiger partial charge in [0.15, 0.2) is 0 Å². The number of fused-ring (bicyclic) bond motifs is 1. The van der Waals surface area contributed by atoms with Crippen LogP contribution in [0, 0.1) is 5.92 Å². The average Bonchev–Trinajstić information content (AvgIpc) is 3.74. The Bertz CT molecular complexity index is 2030. The zero-order chi connectivity index (χ0) is 42.2. The van der Waals surface area contributed by atoms with Gasteiger partial charge in [-0.05, 0) is 60.3 Å². The minimum absolute atomic E-state index is 0.0225. The van der Waals surface area contributed by atoms with Crippen LogP contribution in [-0.4, -0.2) is 121 Å². The Labute approximate surface area is 339 Å². The molecule has 2 aliphatic rings. The van der Waals surface area contributed by atoms with E-state index in [4.69, 9.17) is 23.9 Å². The van der Waals surface area contributed by atoms with Gasteiger partial charge in [-0.25, -0.2) is 14.6 Å². The van der Waals surface area contributed by atoms with Crippen LogP contribution in [0.3, 0.4) is 0 Å². The Balaban J connectivity index is 1.50. The van der Waals surface area contributed by atoms with E-state index in [1.807, 2.05) is 61.5 Å². The summed E-state index contributed by atoms with van der Waals surface area (Å²) >= 11 is 0. The minimum atomic E-state index is -1.35. The Morgan fingerprint density at radius 3 is 2.47 bits per heavy atom. The number of rotatable bonds is 16. The summed E-state index contributed by atoms with van der Waals surface area (Å²) in [6.07, 6.45) is 3.26. The van der Waals surface area contributed by atoms with E-state index in [0.29, 0.717) is 34.6 Å². The Morgan fingerprint density at radius 2 is 1.83 bits per heavy atom. The summed E-state index contributed by atoms with van der Waals surface area (Å²) in [4.78, 5) is 76.1. The summed E-state index contributed by atoms with van der Waals surface area (Å²) in [5.41, 5.74) is -0.150. The van der Waals surface area contributed by atoms with Gasteiger partial charge < -0.3 is 44.7 Å². The number of carbonyl (C=O) groups is 5. The van der Waals surface area contributed by atoms with Crippen LogP contribution in [0.1, 0.15) is 40.5 Å². The number of esters is 1. The molecule has 1 aliphatic carbocycles. The van der Waals surface area contributed by atoms with Crippen LogP contribution in [0.25, 0.3) is 22.2 Å². The molecule has 2 aromatic carbocycles. The lowest BCUT2D eigenvalue weighted by Gasteiger charge is -2.30. The molecule has 1 saturated carbocycles. The number of alkyl carbamates (subject to hydrolysis) is 1. The molecule has 0 radical (unpaired) electrons. The van der Waals surface area contributed by atoms with Crippen molar-refractivity contribution in [3.05, 3.63) is 79.4 Å². The van der Waals surface area contributed by atoms with Crippen LogP contribution >= 0.6 is 0 Å². The first-order valence-corrected chi connectivity index (χ1v) is 19.3. The lowest BCUT2D eigenvalue weighted by molar-refractivity contribution is -0.150. The van der Waals surface area contributed by atoms with Crippen molar-refractivity contribution in [1.82, 2.24) is 30.7 Å². The molecule has 1 aromatic heterocycles. The van der Waals surface area contributed by atoms with Crippen molar-refractivity contribution in [3.8, 4) is 22.8 Å². The van der Waals surface area contributed by atoms with Crippen LogP contribution in [-0.2, 0) is 28.7 Å². The number of likely N-dealkylation sites (N-methyl/N-ethyl adjacent to an activating group) is 1. The number of likely N-dealkylation sites (tertiary alicyclic amines) is 1. The van der Waals surface area contributed by atoms with E-state index < -0.39 is 59.1 Å². The predicted molar refractivity (Wildman–Crippen MR) is 218 cm³/mol. The zero-order valence-electron chi connectivity index (χ0n) is 34.2. The van der Waals surface area contributed by atoms with Crippen LogP contribution in [0.15, 0.2) is 79.4 Å². The average molecular weight is 799 g/mol. The Hall–Kier alpha value is -5.96. The molecule has 1 unspecified atom stereocenters. The van der Waals surface area contributed by atoms with Gasteiger partial charge in [-0.3, -0.25) is 14.4 Å². The monoisotopic (exact) mass is 798 g/mol. The lowest BCUT2D eigenvalue weighted by atomic mass is 10.1. The van der Waals surface area contributed by atoms with E-state index in [1.165, 1.54) is 11.0 Å². The van der Waals surface area contributed by atoms with Crippen LogP contribution < -0.4 is 25.4 Å². The molecule has 58 heavy (non-hydrogen) atoms. The molecular formula is C43H54N6O9. The van der Waals surface area contributed by atoms with Crippen molar-refractivity contribution in [1.29, 1.82) is 0 Å². The molecule has 0 bridgehead atoms. The number of amides is 4. The second kappa shape index (κ2) is 18.5. The smallest absolute Gasteiger partial charge is 0.408 e. The van der Waals surface area contributed by atoms with E-state index in [0.717, 1.165) is 5.56 Å². The number of nitrogens with zero attached hydrogens (tertiary/aromatic N) is 3. The zero-order valence-corrected chi connectivity index (χ0v) is 34.2. The summed E-state index contributed by atoms with van der Waals surface area (Å²) in [6, 6.07) is 14.3. The highest BCUT2D eigenvalue weighted by molar-refractivity contribution is 5.97. The summed E-state index contributed by atoms with van der Waals surface area (Å²) in [7, 11) is 5.28. The molecule has 2 fully saturated rings. The quantitative estimate of drug-likeness (QED) is 0.108. The molecule has 15 nitrogen and oxygen atoms in total. The number of hydrogen-bond donors (Lipinski definition) is 3. The second-order valence-corrected chi connectivity index (χ2v) is 15.6. The van der Waals surface area contributed by atoms with Crippen molar-refractivity contribution in [2.24, 2.45) is 5.92 Å². The van der Waals surface area contributed by atoms with Gasteiger partial charge in [0.05, 0.1) is 31.5 Å². The molecule has 310 valence electrons. The van der Waals surface area contributed by atoms with Gasteiger partial charge in [-0.15, -0.1) is 6.58 Å². The van der Waals surface area contributed by atoms with Crippen molar-refractivity contribution in [2.75, 3.05) is 47.4 Å². The number of hydrogen-bond acceptors (Lipinski definition) is 11. The summed E-state index contributed by atoms with van der Waals surface area (Å²) in [6.45, 7) is 10.7. The summed E-state index contributed by atoms with van der Waals surface area (Å²) in [5, 5.41) is 8.83. The molecule has 0 spiro atoms. The number of benzene rings is 2. The topological polar surface area (TPSA) is 178 Å². The van der Waals surface area contributed by atoms with Gasteiger partial charge in [0, 0.05) is 54.6 Å². The second-order valence-electron chi connectivity index (χ2n) is 15.6. The van der Waals surface area contributed by atoms with Gasteiger partial charge in [0.1, 0.15) is 40.8 Å². The number of carbonyl (C=O) groups excluding carboxylic acids is 5. The van der Waals surface area contributed by atoms with E-state index in [2.05, 4.69) is 22.5 Å². The fourth-order valence-corrected chi connectivity index (χ4v) is 6.76. The maximum absolute atomic E-state index is 14.6. The molecule has 5 atom stereocenters. The fourth-order valence-electron chi connectivity index (χ4n) is 6.76. The van der Waals surface area contributed by atoms with Gasteiger partial charge >= 0.3 is 12.1 Å². The molecule has 3 N–H and O–H groups in total. The molecule has 15 heteroatoms. The highest BCUT2D eigenvalue weighted by atomic mass is 16.6. The highest BCUT2D eigenvalue weighted by Crippen LogP contribution is 2.46. The van der Waals surface area contributed by atoms with Crippen LogP contribution in [0.4, 0.5) is 4.79 Å². The van der Waals surface area contributed by atoms with Crippen molar-refractivity contribution >= 4 is 40.7 Å². The largest absolute Gasteiger partial charge is 0.497 e. The highest BCUT2D eigenvalue weighted by Gasteiger charge is 2.62. The van der Waals surface area contributed by atoms with E-state index in [9.17, 15) is 24.0 Å². The fraction of sp³-hybridized carbons (Fsp3) is 0.442. The Kier molecular flexibility index (Phi) is 13.8. The minimum Gasteiger partial charge on any atom is -0.497 e. The van der Waals surface area contributed by atoms with Crippen molar-refractivity contribution in [3.63, 3.8) is 0 Å². The normalized spacial score (nSPS) is 20.6. The van der Waals surface area contributed by atoms with E-state index >= 15 is 0 Å². The molecule has 3 aromatic rings. The van der Waals surface area contributed by atoms with Gasteiger partial charge in [-0.2, -0.15) is 0 Å². The first-order valence-electron chi connectivity index (χ1n) is 19.3. The third-order valence-electron chi connectivity index (χ3n) is 9.69. The number of aromatic nitrogens is 1. The summed E-state index contributed by atoms with van der Waals surface area (Å²) in [5.74, 6) is -1.69. The van der Waals surface area contributed by atoms with E-state index in [1.54, 1.807) is 59.1 Å². The van der Waals surface area contributed by atoms with Gasteiger partial charge in [-0.1, -0.05) is 42.5 Å². The number of methoxy groups -OCH3 is 1. The molecule has 2 heterocycles. The number of pyridine rings is 1. The van der Waals surface area contributed by atoms with Crippen LogP contribution in [0.5, 0.6) is 11.5 Å². The van der Waals surface area contributed by atoms with Crippen molar-refractivity contribution in [2.45, 2.75) is 69.9 Å². The molecular weight excluding hydrogens is 745 g/mol. The summed E-state index contributed by atoms with van der Waals surface area (Å²) < 4.78 is 23.0. The SMILES string of the molecule is C=C[C@@H]1C[C@]1(NC(=O)[C@@H]1CC(Oc2cc(-c3ccccc3)nc3cc(OC)ccc23)CN1C(=O)[C@H](CNC(=O)C=CCN(C)C)NC(=O)OC(C)(C)C)C(=O)OCC. The predicted octanol–water partition coefficient (Wildman–Crippen LogP) is 4.01. The van der Waals surface area contributed by atoms with Gasteiger partial charge in [0.25, 0.3) is 0 Å². The van der Waals surface area contributed by atoms with Crippen LogP contribution in [0.2, 0.25) is 0 Å². The van der Waals surface area contributed by atoms with Crippen molar-refractivity contribution < 1.29 is 42.9 Å². The van der Waals surface area contributed by atoms with Gasteiger partial charge in [0.2, 0.25) is 17.7 Å². The third kappa shape index (κ3) is 10.7. The molecule has 5 rings (SSSR count). The third-order valence-corrected chi connectivity index (χ3v) is 9.69. The van der Waals surface area contributed by atoms with E-state index in [-0.39, 0.29) is 38.5 Å². The Morgan fingerprint density at radius 1 is 1.09 bits per heavy atom. The maximum Gasteiger partial charge on any atom is 0.408 e. The first-order chi connectivity index (χ1) is 27.6. The maximum atomic E-state index is 14.6.